The fourth-order valence-corrected chi connectivity index (χ4v) is 5.33. The van der Waals surface area contributed by atoms with E-state index in [1.54, 1.807) is 21.9 Å². The summed E-state index contributed by atoms with van der Waals surface area (Å²) in [6.45, 7) is 4.73. The third-order valence-corrected chi connectivity index (χ3v) is 7.41. The van der Waals surface area contributed by atoms with Gasteiger partial charge in [-0.2, -0.15) is 0 Å². The van der Waals surface area contributed by atoms with Crippen LogP contribution < -0.4 is 9.80 Å². The van der Waals surface area contributed by atoms with E-state index in [1.165, 1.54) is 23.5 Å². The Bertz CT molecular complexity index is 1370. The van der Waals surface area contributed by atoms with Gasteiger partial charge in [0.2, 0.25) is 11.8 Å². The third-order valence-electron chi connectivity index (χ3n) is 6.37. The second-order valence-electron chi connectivity index (χ2n) is 8.64. The smallest absolute Gasteiger partial charge is 0.234 e. The van der Waals surface area contributed by atoms with Gasteiger partial charge in [-0.25, -0.2) is 9.37 Å². The average Bonchev–Trinajstić information content (AvgIpc) is 3.45. The molecule has 0 aliphatic carbocycles. The van der Waals surface area contributed by atoms with Crippen LogP contribution in [0.4, 0.5) is 15.2 Å². The van der Waals surface area contributed by atoms with Crippen molar-refractivity contribution in [2.75, 3.05) is 16.3 Å². The molecule has 1 atom stereocenters. The highest BCUT2D eigenvalue weighted by molar-refractivity contribution is 7.22. The highest BCUT2D eigenvalue weighted by Gasteiger charge is 2.38. The number of rotatable bonds is 5. The van der Waals surface area contributed by atoms with Crippen molar-refractivity contribution in [1.82, 2.24) is 4.98 Å². The Morgan fingerprint density at radius 1 is 1.09 bits per heavy atom. The molecule has 0 saturated carbocycles. The number of hydrogen-bond acceptors (Lipinski definition) is 4. The fraction of sp³-hybridized carbons (Fsp3) is 0.222. The molecule has 4 aromatic rings. The van der Waals surface area contributed by atoms with E-state index in [-0.39, 0.29) is 30.6 Å². The van der Waals surface area contributed by atoms with Gasteiger partial charge in [-0.3, -0.25) is 14.5 Å². The Kier molecular flexibility index (Phi) is 5.87. The van der Waals surface area contributed by atoms with Crippen molar-refractivity contribution in [3.05, 3.63) is 89.2 Å². The maximum Gasteiger partial charge on any atom is 0.234 e. The van der Waals surface area contributed by atoms with Crippen molar-refractivity contribution in [3.8, 4) is 0 Å². The van der Waals surface area contributed by atoms with Gasteiger partial charge in [-0.05, 0) is 60.9 Å². The van der Waals surface area contributed by atoms with Gasteiger partial charge in [-0.15, -0.1) is 0 Å². The molecule has 1 aliphatic rings. The van der Waals surface area contributed by atoms with Crippen LogP contribution in [0.2, 0.25) is 0 Å². The van der Waals surface area contributed by atoms with Gasteiger partial charge in [0.1, 0.15) is 5.82 Å². The number of carbonyl (C=O) groups excluding carboxylic acids is 2. The van der Waals surface area contributed by atoms with Gasteiger partial charge in [-0.1, -0.05) is 47.7 Å². The van der Waals surface area contributed by atoms with E-state index >= 15 is 0 Å². The zero-order valence-corrected chi connectivity index (χ0v) is 19.8. The number of nitrogens with zero attached hydrogens (tertiary/aromatic N) is 3. The summed E-state index contributed by atoms with van der Waals surface area (Å²) in [6, 6.07) is 19.7. The third kappa shape index (κ3) is 4.19. The van der Waals surface area contributed by atoms with Gasteiger partial charge in [0.15, 0.2) is 5.13 Å². The standard InChI is InChI=1S/C27H24FN3O2S/c1-17-8-13-23-25(18(17)2)29-27(34-23)31(15-19-6-4-3-5-7-19)26(33)20-14-24(32)30(16-20)22-11-9-21(28)10-12-22/h3-13,20H,14-16H2,1-2H3. The maximum absolute atomic E-state index is 13.8. The lowest BCUT2D eigenvalue weighted by molar-refractivity contribution is -0.124. The van der Waals surface area contributed by atoms with Gasteiger partial charge in [0, 0.05) is 18.7 Å². The summed E-state index contributed by atoms with van der Waals surface area (Å²) in [5.41, 5.74) is 4.75. The van der Waals surface area contributed by atoms with Gasteiger partial charge < -0.3 is 4.90 Å². The molecule has 1 unspecified atom stereocenters. The number of carbonyl (C=O) groups is 2. The number of aryl methyl sites for hydroxylation is 2. The average molecular weight is 474 g/mol. The Morgan fingerprint density at radius 3 is 2.56 bits per heavy atom. The number of benzene rings is 3. The molecular weight excluding hydrogens is 449 g/mol. The Labute approximate surface area is 201 Å². The number of thiazole rings is 1. The summed E-state index contributed by atoms with van der Waals surface area (Å²) in [6.07, 6.45) is 0.116. The molecule has 1 aliphatic heterocycles. The summed E-state index contributed by atoms with van der Waals surface area (Å²) < 4.78 is 14.4. The zero-order chi connectivity index (χ0) is 23.8. The van der Waals surface area contributed by atoms with E-state index in [4.69, 9.17) is 4.98 Å². The predicted octanol–water partition coefficient (Wildman–Crippen LogP) is 5.64. The molecule has 172 valence electrons. The molecular formula is C27H24FN3O2S. The second kappa shape index (κ2) is 8.99. The normalized spacial score (nSPS) is 15.8. The highest BCUT2D eigenvalue weighted by atomic mass is 32.1. The van der Waals surface area contributed by atoms with E-state index in [0.29, 0.717) is 17.4 Å². The molecule has 7 heteroatoms. The van der Waals surface area contributed by atoms with Crippen molar-refractivity contribution in [1.29, 1.82) is 0 Å². The summed E-state index contributed by atoms with van der Waals surface area (Å²) >= 11 is 1.49. The van der Waals surface area contributed by atoms with Crippen LogP contribution >= 0.6 is 11.3 Å². The van der Waals surface area contributed by atoms with Crippen LogP contribution in [0.1, 0.15) is 23.1 Å². The zero-order valence-electron chi connectivity index (χ0n) is 19.0. The maximum atomic E-state index is 13.8. The Balaban J connectivity index is 1.48. The first-order valence-corrected chi connectivity index (χ1v) is 12.0. The van der Waals surface area contributed by atoms with Crippen molar-refractivity contribution < 1.29 is 14.0 Å². The fourth-order valence-electron chi connectivity index (χ4n) is 4.30. The van der Waals surface area contributed by atoms with Crippen LogP contribution in [-0.2, 0) is 16.1 Å². The summed E-state index contributed by atoms with van der Waals surface area (Å²) in [5, 5.41) is 0.630. The van der Waals surface area contributed by atoms with Crippen LogP contribution in [0, 0.1) is 25.6 Å². The minimum absolute atomic E-state index is 0.116. The van der Waals surface area contributed by atoms with E-state index in [0.717, 1.165) is 26.9 Å². The summed E-state index contributed by atoms with van der Waals surface area (Å²) in [7, 11) is 0. The van der Waals surface area contributed by atoms with Crippen LogP contribution in [-0.4, -0.2) is 23.3 Å². The molecule has 0 radical (unpaired) electrons. The van der Waals surface area contributed by atoms with Crippen LogP contribution in [0.15, 0.2) is 66.7 Å². The Hall–Kier alpha value is -3.58. The lowest BCUT2D eigenvalue weighted by Crippen LogP contribution is -2.37. The predicted molar refractivity (Wildman–Crippen MR) is 134 cm³/mol. The first kappa shape index (κ1) is 22.2. The van der Waals surface area contributed by atoms with Crippen molar-refractivity contribution >= 4 is 44.2 Å². The second-order valence-corrected chi connectivity index (χ2v) is 9.65. The van der Waals surface area contributed by atoms with Crippen LogP contribution in [0.3, 0.4) is 0 Å². The molecule has 0 spiro atoms. The van der Waals surface area contributed by atoms with E-state index in [1.807, 2.05) is 43.3 Å². The SMILES string of the molecule is Cc1ccc2sc(N(Cc3ccccc3)C(=O)C3CC(=O)N(c4ccc(F)cc4)C3)nc2c1C. The first-order chi connectivity index (χ1) is 16.4. The number of anilines is 2. The lowest BCUT2D eigenvalue weighted by Gasteiger charge is -2.23. The molecule has 2 amide bonds. The minimum atomic E-state index is -0.504. The summed E-state index contributed by atoms with van der Waals surface area (Å²) in [4.78, 5) is 34.7. The lowest BCUT2D eigenvalue weighted by atomic mass is 10.1. The molecule has 1 fully saturated rings. The molecule has 1 aromatic heterocycles. The number of hydrogen-bond donors (Lipinski definition) is 0. The molecule has 5 nitrogen and oxygen atoms in total. The molecule has 3 aromatic carbocycles. The number of aromatic nitrogens is 1. The Morgan fingerprint density at radius 2 is 1.82 bits per heavy atom. The van der Waals surface area contributed by atoms with Crippen LogP contribution in [0.25, 0.3) is 10.2 Å². The highest BCUT2D eigenvalue weighted by Crippen LogP contribution is 2.35. The van der Waals surface area contributed by atoms with E-state index in [2.05, 4.69) is 13.0 Å². The van der Waals surface area contributed by atoms with Crippen molar-refractivity contribution in [3.63, 3.8) is 0 Å². The number of halogens is 1. The van der Waals surface area contributed by atoms with Crippen LogP contribution in [0.5, 0.6) is 0 Å². The molecule has 2 heterocycles. The molecule has 0 N–H and O–H groups in total. The van der Waals surface area contributed by atoms with Crippen molar-refractivity contribution in [2.45, 2.75) is 26.8 Å². The molecule has 1 saturated heterocycles. The molecule has 5 rings (SSSR count). The molecule has 34 heavy (non-hydrogen) atoms. The van der Waals surface area contributed by atoms with Gasteiger partial charge >= 0.3 is 0 Å². The van der Waals surface area contributed by atoms with E-state index < -0.39 is 5.92 Å². The number of fused-ring (bicyclic) bond motifs is 1. The van der Waals surface area contributed by atoms with E-state index in [9.17, 15) is 14.0 Å². The largest absolute Gasteiger partial charge is 0.312 e. The molecule has 0 bridgehead atoms. The monoisotopic (exact) mass is 473 g/mol. The number of amides is 2. The quantitative estimate of drug-likeness (QED) is 0.377. The first-order valence-electron chi connectivity index (χ1n) is 11.2. The van der Waals surface area contributed by atoms with Crippen molar-refractivity contribution in [2.24, 2.45) is 5.92 Å². The van der Waals surface area contributed by atoms with Gasteiger partial charge in [0.25, 0.3) is 0 Å². The minimum Gasteiger partial charge on any atom is -0.312 e. The van der Waals surface area contributed by atoms with Gasteiger partial charge in [0.05, 0.1) is 22.7 Å². The summed E-state index contributed by atoms with van der Waals surface area (Å²) in [5.74, 6) is -1.13. The topological polar surface area (TPSA) is 53.5 Å².